The highest BCUT2D eigenvalue weighted by Gasteiger charge is 2.30. The number of nitrogens with one attached hydrogen (secondary N) is 1. The van der Waals surface area contributed by atoms with Gasteiger partial charge in [-0.1, -0.05) is 18.2 Å². The van der Waals surface area contributed by atoms with Gasteiger partial charge < -0.3 is 5.32 Å². The molecule has 1 atom stereocenters. The topological polar surface area (TPSA) is 28.2 Å². The third-order valence-electron chi connectivity index (χ3n) is 4.85. The molecular formula is C19H24F3N3S. The van der Waals surface area contributed by atoms with Crippen molar-refractivity contribution in [1.29, 1.82) is 0 Å². The summed E-state index contributed by atoms with van der Waals surface area (Å²) in [5.41, 5.74) is 1.30. The van der Waals surface area contributed by atoms with E-state index in [2.05, 4.69) is 20.6 Å². The quantitative estimate of drug-likeness (QED) is 0.757. The number of alkyl halides is 3. The van der Waals surface area contributed by atoms with Gasteiger partial charge in [-0.3, -0.25) is 4.90 Å². The third kappa shape index (κ3) is 5.20. The number of piperidine rings is 1. The number of likely N-dealkylation sites (tertiary alicyclic amines) is 1. The van der Waals surface area contributed by atoms with Crippen molar-refractivity contribution in [2.75, 3.05) is 25.5 Å². The molecule has 0 bridgehead atoms. The second-order valence-corrected chi connectivity index (χ2v) is 7.73. The maximum Gasteiger partial charge on any atom is 0.416 e. The summed E-state index contributed by atoms with van der Waals surface area (Å²) < 4.78 is 38.5. The molecule has 26 heavy (non-hydrogen) atoms. The first-order valence-corrected chi connectivity index (χ1v) is 9.82. The summed E-state index contributed by atoms with van der Waals surface area (Å²) in [5, 5.41) is 6.07. The fraction of sp³-hybridized carbons (Fsp3) is 0.526. The van der Waals surface area contributed by atoms with Crippen LogP contribution >= 0.6 is 11.3 Å². The van der Waals surface area contributed by atoms with E-state index < -0.39 is 11.7 Å². The highest BCUT2D eigenvalue weighted by molar-refractivity contribution is 7.13. The summed E-state index contributed by atoms with van der Waals surface area (Å²) in [6.07, 6.45) is -0.359. The number of benzene rings is 1. The zero-order chi connectivity index (χ0) is 18.6. The molecule has 0 aliphatic carbocycles. The zero-order valence-corrected chi connectivity index (χ0v) is 15.7. The molecule has 1 aromatic heterocycles. The van der Waals surface area contributed by atoms with Crippen molar-refractivity contribution in [1.82, 2.24) is 9.88 Å². The fourth-order valence-electron chi connectivity index (χ4n) is 3.53. The maximum atomic E-state index is 12.8. The Balaban J connectivity index is 1.52. The first-order valence-electron chi connectivity index (χ1n) is 8.94. The highest BCUT2D eigenvalue weighted by atomic mass is 32.1. The Labute approximate surface area is 156 Å². The minimum Gasteiger partial charge on any atom is -0.365 e. The lowest BCUT2D eigenvalue weighted by Crippen LogP contribution is -2.35. The Bertz CT molecular complexity index is 714. The van der Waals surface area contributed by atoms with E-state index in [1.54, 1.807) is 17.4 Å². The van der Waals surface area contributed by atoms with Crippen LogP contribution in [0.3, 0.4) is 0 Å². The molecule has 1 unspecified atom stereocenters. The van der Waals surface area contributed by atoms with Gasteiger partial charge in [0.2, 0.25) is 0 Å². The number of rotatable bonds is 6. The highest BCUT2D eigenvalue weighted by Crippen LogP contribution is 2.30. The van der Waals surface area contributed by atoms with E-state index in [4.69, 9.17) is 0 Å². The van der Waals surface area contributed by atoms with Crippen molar-refractivity contribution in [3.8, 4) is 0 Å². The third-order valence-corrected chi connectivity index (χ3v) is 5.76. The molecule has 3 nitrogen and oxygen atoms in total. The summed E-state index contributed by atoms with van der Waals surface area (Å²) in [6, 6.07) is 5.73. The molecule has 1 aromatic carbocycles. The minimum absolute atomic E-state index is 0.528. The molecule has 0 amide bonds. The van der Waals surface area contributed by atoms with Gasteiger partial charge in [-0.2, -0.15) is 13.2 Å². The van der Waals surface area contributed by atoms with E-state index in [-0.39, 0.29) is 0 Å². The molecule has 0 radical (unpaired) electrons. The van der Waals surface area contributed by atoms with E-state index >= 15 is 0 Å². The Kier molecular flexibility index (Phi) is 6.19. The molecule has 1 N–H and O–H groups in total. The van der Waals surface area contributed by atoms with Crippen molar-refractivity contribution >= 4 is 16.5 Å². The monoisotopic (exact) mass is 383 g/mol. The predicted molar refractivity (Wildman–Crippen MR) is 99.4 cm³/mol. The predicted octanol–water partition coefficient (Wildman–Crippen LogP) is 5.05. The average Bonchev–Trinajstić information content (AvgIpc) is 3.07. The van der Waals surface area contributed by atoms with Gasteiger partial charge in [0.25, 0.3) is 0 Å². The van der Waals surface area contributed by atoms with Crippen LogP contribution in [-0.4, -0.2) is 30.0 Å². The lowest BCUT2D eigenvalue weighted by Gasteiger charge is -2.32. The van der Waals surface area contributed by atoms with Crippen molar-refractivity contribution < 1.29 is 13.2 Å². The molecule has 1 fully saturated rings. The summed E-state index contributed by atoms with van der Waals surface area (Å²) >= 11 is 1.61. The van der Waals surface area contributed by atoms with Crippen LogP contribution in [0.5, 0.6) is 0 Å². The molecule has 1 saturated heterocycles. The van der Waals surface area contributed by atoms with Crippen LogP contribution in [0.4, 0.5) is 18.3 Å². The number of anilines is 1. The first-order chi connectivity index (χ1) is 12.4. The number of aromatic nitrogens is 1. The van der Waals surface area contributed by atoms with E-state index in [1.807, 2.05) is 7.05 Å². The van der Waals surface area contributed by atoms with E-state index in [0.717, 1.165) is 61.4 Å². The van der Waals surface area contributed by atoms with Crippen molar-refractivity contribution in [2.24, 2.45) is 5.92 Å². The summed E-state index contributed by atoms with van der Waals surface area (Å²) in [7, 11) is 1.87. The first kappa shape index (κ1) is 19.2. The van der Waals surface area contributed by atoms with Gasteiger partial charge in [-0.15, -0.1) is 11.3 Å². The molecule has 1 aliphatic heterocycles. The number of thiazole rings is 1. The summed E-state index contributed by atoms with van der Waals surface area (Å²) in [4.78, 5) is 6.94. The average molecular weight is 383 g/mol. The van der Waals surface area contributed by atoms with Crippen molar-refractivity contribution in [3.05, 3.63) is 46.5 Å². The second kappa shape index (κ2) is 8.39. The maximum absolute atomic E-state index is 12.8. The smallest absolute Gasteiger partial charge is 0.365 e. The van der Waals surface area contributed by atoms with Gasteiger partial charge in [-0.05, 0) is 49.8 Å². The van der Waals surface area contributed by atoms with Crippen molar-refractivity contribution in [2.45, 2.75) is 38.4 Å². The van der Waals surface area contributed by atoms with E-state index in [1.165, 1.54) is 12.1 Å². The van der Waals surface area contributed by atoms with Crippen LogP contribution in [-0.2, 0) is 19.1 Å². The number of nitrogens with zero attached hydrogens (tertiary/aromatic N) is 2. The molecule has 3 rings (SSSR count). The zero-order valence-electron chi connectivity index (χ0n) is 14.9. The van der Waals surface area contributed by atoms with Crippen LogP contribution < -0.4 is 5.32 Å². The molecule has 1 aliphatic rings. The van der Waals surface area contributed by atoms with Crippen LogP contribution in [0.1, 0.15) is 36.1 Å². The second-order valence-electron chi connectivity index (χ2n) is 6.87. The number of halogens is 3. The van der Waals surface area contributed by atoms with Gasteiger partial charge in [0.15, 0.2) is 5.13 Å². The summed E-state index contributed by atoms with van der Waals surface area (Å²) in [6.45, 7) is 2.90. The molecule has 142 valence electrons. The molecule has 0 saturated carbocycles. The fourth-order valence-corrected chi connectivity index (χ4v) is 4.19. The normalized spacial score (nSPS) is 18.8. The Morgan fingerprint density at radius 3 is 2.92 bits per heavy atom. The SMILES string of the molecule is CNc1nc(CN2CCCC(CCc3cccc(C(F)(F)F)c3)C2)cs1. The number of aryl methyl sites for hydroxylation is 1. The molecule has 2 aromatic rings. The molecule has 7 heteroatoms. The number of hydrogen-bond donors (Lipinski definition) is 1. The Morgan fingerprint density at radius 1 is 1.35 bits per heavy atom. The molecule has 2 heterocycles. The Hall–Kier alpha value is -1.60. The lowest BCUT2D eigenvalue weighted by molar-refractivity contribution is -0.137. The lowest BCUT2D eigenvalue weighted by atomic mass is 9.91. The summed E-state index contributed by atoms with van der Waals surface area (Å²) in [5.74, 6) is 0.528. The molecule has 0 spiro atoms. The standard InChI is InChI=1S/C19H24F3N3S/c1-23-18-24-17(13-26-18)12-25-9-3-5-15(11-25)8-7-14-4-2-6-16(10-14)19(20,21)22/h2,4,6,10,13,15H,3,5,7-9,11-12H2,1H3,(H,23,24). The van der Waals surface area contributed by atoms with Gasteiger partial charge in [0, 0.05) is 25.5 Å². The van der Waals surface area contributed by atoms with Gasteiger partial charge in [0.05, 0.1) is 11.3 Å². The van der Waals surface area contributed by atoms with E-state index in [0.29, 0.717) is 12.3 Å². The van der Waals surface area contributed by atoms with Crippen LogP contribution in [0.2, 0.25) is 0 Å². The largest absolute Gasteiger partial charge is 0.416 e. The van der Waals surface area contributed by atoms with Crippen molar-refractivity contribution in [3.63, 3.8) is 0 Å². The molecular weight excluding hydrogens is 359 g/mol. The minimum atomic E-state index is -4.27. The van der Waals surface area contributed by atoms with E-state index in [9.17, 15) is 13.2 Å². The van der Waals surface area contributed by atoms with Crippen LogP contribution in [0.25, 0.3) is 0 Å². The van der Waals surface area contributed by atoms with Gasteiger partial charge in [0.1, 0.15) is 0 Å². The van der Waals surface area contributed by atoms with Crippen LogP contribution in [0.15, 0.2) is 29.6 Å². The Morgan fingerprint density at radius 2 is 2.19 bits per heavy atom. The van der Waals surface area contributed by atoms with Gasteiger partial charge >= 0.3 is 6.18 Å². The van der Waals surface area contributed by atoms with Crippen LogP contribution in [0, 0.1) is 5.92 Å². The number of hydrogen-bond acceptors (Lipinski definition) is 4. The van der Waals surface area contributed by atoms with Gasteiger partial charge in [-0.25, -0.2) is 4.98 Å².